The maximum absolute atomic E-state index is 13.0. The molecule has 0 fully saturated rings. The minimum absolute atomic E-state index is 0.178. The van der Waals surface area contributed by atoms with E-state index in [0.29, 0.717) is 23.9 Å². The zero-order chi connectivity index (χ0) is 71.8. The van der Waals surface area contributed by atoms with Crippen LogP contribution >= 0.6 is 0 Å². The Kier molecular flexibility index (Phi) is 74.6. The number of esters is 2. The molecule has 0 saturated heterocycles. The van der Waals surface area contributed by atoms with E-state index in [9.17, 15) is 19.5 Å². The van der Waals surface area contributed by atoms with Gasteiger partial charge in [-0.2, -0.15) is 0 Å². The van der Waals surface area contributed by atoms with E-state index in [1.54, 1.807) is 0 Å². The Hall–Kier alpha value is -5.09. The molecule has 0 aromatic heterocycles. The molecule has 0 spiro atoms. The zero-order valence-electron chi connectivity index (χ0n) is 64.6. The molecule has 1 N–H and O–H groups in total. The molecule has 2 atom stereocenters. The molecule has 0 aromatic rings. The van der Waals surface area contributed by atoms with Crippen LogP contribution in [0.15, 0.2) is 158 Å². The van der Waals surface area contributed by atoms with Gasteiger partial charge in [-0.3, -0.25) is 9.59 Å². The highest BCUT2D eigenvalue weighted by molar-refractivity contribution is 5.71. The van der Waals surface area contributed by atoms with Crippen LogP contribution in [0.4, 0.5) is 0 Å². The molecule has 0 aliphatic rings. The standard InChI is InChI=1S/C90H151NO8/c1-6-8-10-12-14-16-18-20-22-24-26-28-30-32-34-36-38-40-42-44-46-48-50-52-54-56-58-60-62-64-66-68-70-72-74-76-78-80-87(92)97-84-86(85-98-90(89(94)95)96-83-82-91(3,4)5)99-88(93)81-79-77-75-73-71-69-67-65-63-61-59-57-55-53-51-49-47-45-43-41-39-37-35-33-31-29-27-25-23-21-19-17-15-13-11-9-7-2/h9,11,15,17-18,20-21,23-24,26-27,29-30,32-33,35,39,41,45,47,51,53,57,59,63,65,86,90H,6-8,10,12-14,16,19,22,25,28,31,34,36-38,40,42-44,46,48-50,52,54-56,58,60-62,64,66-85H2,1-5H3/p+1/b11-9-,17-15-,20-18-,23-21-,26-24-,29-27-,32-30-,35-33-,41-39-,47-45-,53-51-,59-57-,65-63-. The average molecular weight is 1380 g/mol. The summed E-state index contributed by atoms with van der Waals surface area (Å²) in [7, 11) is 5.97. The predicted octanol–water partition coefficient (Wildman–Crippen LogP) is 26.4. The van der Waals surface area contributed by atoms with Crippen LogP contribution in [0, 0.1) is 0 Å². The van der Waals surface area contributed by atoms with Gasteiger partial charge in [0.05, 0.1) is 34.4 Å². The van der Waals surface area contributed by atoms with E-state index in [1.807, 2.05) is 21.1 Å². The lowest BCUT2D eigenvalue weighted by atomic mass is 10.0. The molecule has 0 saturated carbocycles. The summed E-state index contributed by atoms with van der Waals surface area (Å²) >= 11 is 0. The van der Waals surface area contributed by atoms with E-state index >= 15 is 0 Å². The van der Waals surface area contributed by atoms with Crippen LogP contribution in [-0.4, -0.2) is 87.4 Å². The average Bonchev–Trinajstić information content (AvgIpc) is 2.19. The number of hydrogen-bond acceptors (Lipinski definition) is 7. The number of quaternary nitrogens is 1. The fraction of sp³-hybridized carbons (Fsp3) is 0.678. The molecule has 99 heavy (non-hydrogen) atoms. The van der Waals surface area contributed by atoms with Crippen molar-refractivity contribution in [3.05, 3.63) is 158 Å². The number of ether oxygens (including phenoxy) is 4. The number of likely N-dealkylation sites (N-methyl/N-ethyl adjacent to an activating group) is 1. The van der Waals surface area contributed by atoms with Gasteiger partial charge in [0.2, 0.25) is 0 Å². The van der Waals surface area contributed by atoms with Gasteiger partial charge in [-0.15, -0.1) is 0 Å². The molecule has 0 rings (SSSR count). The van der Waals surface area contributed by atoms with E-state index in [0.717, 1.165) is 135 Å². The van der Waals surface area contributed by atoms with Crippen molar-refractivity contribution in [1.82, 2.24) is 0 Å². The van der Waals surface area contributed by atoms with Crippen molar-refractivity contribution in [3.63, 3.8) is 0 Å². The maximum atomic E-state index is 13.0. The van der Waals surface area contributed by atoms with E-state index in [4.69, 9.17) is 18.9 Å². The number of unbranched alkanes of at least 4 members (excludes halogenated alkanes) is 33. The summed E-state index contributed by atoms with van der Waals surface area (Å²) in [6.45, 7) is 4.75. The largest absolute Gasteiger partial charge is 0.477 e. The lowest BCUT2D eigenvalue weighted by Gasteiger charge is -2.25. The minimum atomic E-state index is -1.52. The first kappa shape index (κ1) is 93.9. The number of rotatable bonds is 74. The zero-order valence-corrected chi connectivity index (χ0v) is 64.6. The van der Waals surface area contributed by atoms with Crippen LogP contribution in [0.3, 0.4) is 0 Å². The number of carboxylic acid groups (broad SMARTS) is 1. The number of nitrogens with zero attached hydrogens (tertiary/aromatic N) is 1. The van der Waals surface area contributed by atoms with Gasteiger partial charge >= 0.3 is 17.9 Å². The van der Waals surface area contributed by atoms with Crippen molar-refractivity contribution in [1.29, 1.82) is 0 Å². The monoisotopic (exact) mass is 1380 g/mol. The third-order valence-electron chi connectivity index (χ3n) is 17.3. The fourth-order valence-corrected chi connectivity index (χ4v) is 11.1. The highest BCUT2D eigenvalue weighted by atomic mass is 16.7. The van der Waals surface area contributed by atoms with E-state index in [1.165, 1.54) is 167 Å². The van der Waals surface area contributed by atoms with Crippen molar-refractivity contribution >= 4 is 17.9 Å². The van der Waals surface area contributed by atoms with Crippen LogP contribution in [0.5, 0.6) is 0 Å². The van der Waals surface area contributed by atoms with Crippen molar-refractivity contribution in [3.8, 4) is 0 Å². The Bertz CT molecular complexity index is 2200. The highest BCUT2D eigenvalue weighted by Crippen LogP contribution is 2.18. The third-order valence-corrected chi connectivity index (χ3v) is 17.3. The molecule has 0 radical (unpaired) electrons. The summed E-state index contributed by atoms with van der Waals surface area (Å²) in [6, 6.07) is 0. The second-order valence-electron chi connectivity index (χ2n) is 28.0. The topological polar surface area (TPSA) is 108 Å². The predicted molar refractivity (Wildman–Crippen MR) is 428 cm³/mol. The van der Waals surface area contributed by atoms with Crippen molar-refractivity contribution in [2.75, 3.05) is 47.5 Å². The van der Waals surface area contributed by atoms with Gasteiger partial charge in [0.25, 0.3) is 6.29 Å². The number of carboxylic acids is 1. The first-order valence-electron chi connectivity index (χ1n) is 40.6. The summed E-state index contributed by atoms with van der Waals surface area (Å²) < 4.78 is 23.0. The van der Waals surface area contributed by atoms with Gasteiger partial charge in [-0.1, -0.05) is 352 Å². The molecule has 9 nitrogen and oxygen atoms in total. The van der Waals surface area contributed by atoms with Gasteiger partial charge in [-0.05, 0) is 128 Å². The molecule has 0 bridgehead atoms. The van der Waals surface area contributed by atoms with E-state index < -0.39 is 24.3 Å². The number of carbonyl (C=O) groups excluding carboxylic acids is 2. The molecule has 0 aliphatic heterocycles. The Labute approximate surface area is 610 Å². The third kappa shape index (κ3) is 80.1. The first-order valence-corrected chi connectivity index (χ1v) is 40.6. The molecule has 0 amide bonds. The maximum Gasteiger partial charge on any atom is 0.361 e. The van der Waals surface area contributed by atoms with Crippen LogP contribution in [0.25, 0.3) is 0 Å². The summed E-state index contributed by atoms with van der Waals surface area (Å²) in [4.78, 5) is 37.8. The lowest BCUT2D eigenvalue weighted by molar-refractivity contribution is -0.870. The van der Waals surface area contributed by atoms with Gasteiger partial charge in [0.1, 0.15) is 13.2 Å². The number of allylic oxidation sites excluding steroid dienone is 26. The first-order chi connectivity index (χ1) is 48.6. The summed E-state index contributed by atoms with van der Waals surface area (Å²) in [5.41, 5.74) is 0. The minimum Gasteiger partial charge on any atom is -0.477 e. The van der Waals surface area contributed by atoms with Crippen LogP contribution < -0.4 is 0 Å². The highest BCUT2D eigenvalue weighted by Gasteiger charge is 2.25. The summed E-state index contributed by atoms with van der Waals surface area (Å²) in [5, 5.41) is 9.78. The van der Waals surface area contributed by atoms with Crippen LogP contribution in [0.1, 0.15) is 335 Å². The molecule has 564 valence electrons. The molecular weight excluding hydrogens is 1220 g/mol. The van der Waals surface area contributed by atoms with Crippen molar-refractivity contribution in [2.24, 2.45) is 0 Å². The van der Waals surface area contributed by atoms with Crippen LogP contribution in [0.2, 0.25) is 0 Å². The summed E-state index contributed by atoms with van der Waals surface area (Å²) in [6.07, 6.45) is 114. The Morgan fingerprint density at radius 1 is 0.313 bits per heavy atom. The molecule has 9 heteroatoms. The lowest BCUT2D eigenvalue weighted by Crippen LogP contribution is -2.40. The van der Waals surface area contributed by atoms with E-state index in [-0.39, 0.29) is 32.2 Å². The smallest absolute Gasteiger partial charge is 0.361 e. The Balaban J connectivity index is 4.10. The van der Waals surface area contributed by atoms with Gasteiger partial charge in [-0.25, -0.2) is 4.79 Å². The van der Waals surface area contributed by atoms with Gasteiger partial charge < -0.3 is 28.5 Å². The number of hydrogen-bond donors (Lipinski definition) is 1. The van der Waals surface area contributed by atoms with Crippen molar-refractivity contribution in [2.45, 2.75) is 347 Å². The number of carbonyl (C=O) groups is 3. The normalized spacial score (nSPS) is 13.5. The second-order valence-corrected chi connectivity index (χ2v) is 28.0. The van der Waals surface area contributed by atoms with Crippen LogP contribution in [-0.2, 0) is 33.3 Å². The fourth-order valence-electron chi connectivity index (χ4n) is 11.1. The van der Waals surface area contributed by atoms with Gasteiger partial charge in [0, 0.05) is 12.8 Å². The molecular formula is C90H152NO8+. The van der Waals surface area contributed by atoms with Crippen molar-refractivity contribution < 1.29 is 42.9 Å². The summed E-state index contributed by atoms with van der Waals surface area (Å²) in [5.74, 6) is -2.02. The SMILES string of the molecule is CC/C=C\C/C=C\C/C=C\C/C=C\C/C=C\C/C=C\C/C=C\C/C=C\C/C=C\C/C=C\CCCCCCCCC(=O)OC(COC(=O)CCCCCCCCCCCCCCCCCCCCCCCC/C=C\C/C=C\C/C=C\CCCCCCC)COC(OCC[N+](C)(C)C)C(=O)O. The molecule has 2 unspecified atom stereocenters. The quantitative estimate of drug-likeness (QED) is 0.0211. The molecule has 0 aromatic carbocycles. The Morgan fingerprint density at radius 2 is 0.576 bits per heavy atom. The second kappa shape index (κ2) is 78.6. The molecule has 0 aliphatic carbocycles. The van der Waals surface area contributed by atoms with Gasteiger partial charge in [0.15, 0.2) is 6.10 Å². The molecule has 0 heterocycles. The Morgan fingerprint density at radius 3 is 0.859 bits per heavy atom. The van der Waals surface area contributed by atoms with E-state index in [2.05, 4.69) is 172 Å². The number of aliphatic carboxylic acids is 1.